The number of thioether (sulfide) groups is 1. The molecule has 2 fully saturated rings. The number of nitrogens with one attached hydrogen (secondary N) is 1. The van der Waals surface area contributed by atoms with Crippen LogP contribution in [0.4, 0.5) is 0 Å². The van der Waals surface area contributed by atoms with Crippen molar-refractivity contribution in [3.8, 4) is 0 Å². The zero-order chi connectivity index (χ0) is 19.1. The van der Waals surface area contributed by atoms with E-state index in [4.69, 9.17) is 4.74 Å². The maximum Gasteiger partial charge on any atom is 0.246 e. The summed E-state index contributed by atoms with van der Waals surface area (Å²) in [7, 11) is 0. The van der Waals surface area contributed by atoms with E-state index >= 15 is 0 Å². The Morgan fingerprint density at radius 3 is 2.70 bits per heavy atom. The number of carbonyl (C=O) groups excluding carboxylic acids is 2. The van der Waals surface area contributed by atoms with Crippen LogP contribution < -0.4 is 5.32 Å². The van der Waals surface area contributed by atoms with E-state index in [9.17, 15) is 9.59 Å². The predicted octanol–water partition coefficient (Wildman–Crippen LogP) is 1.36. The monoisotopic (exact) mass is 391 g/mol. The standard InChI is InChI=1S/C20H29N3O3S/c1-20(19(25)21-14-17-6-3-2-4-7-17)16-27-15-18(24)23(20)9-5-8-22-10-12-26-13-11-22/h2-4,6-7H,5,8-16H2,1H3,(H,21,25). The fourth-order valence-electron chi connectivity index (χ4n) is 3.57. The molecule has 0 spiro atoms. The van der Waals surface area contributed by atoms with Crippen molar-refractivity contribution >= 4 is 23.6 Å². The van der Waals surface area contributed by atoms with Gasteiger partial charge in [-0.2, -0.15) is 0 Å². The topological polar surface area (TPSA) is 61.9 Å². The molecule has 2 amide bonds. The van der Waals surface area contributed by atoms with Crippen LogP contribution in [-0.2, 0) is 20.9 Å². The van der Waals surface area contributed by atoms with Gasteiger partial charge in [0.1, 0.15) is 5.54 Å². The third kappa shape index (κ3) is 5.24. The van der Waals surface area contributed by atoms with Gasteiger partial charge in [0.05, 0.1) is 19.0 Å². The van der Waals surface area contributed by atoms with E-state index < -0.39 is 5.54 Å². The van der Waals surface area contributed by atoms with Gasteiger partial charge >= 0.3 is 0 Å². The van der Waals surface area contributed by atoms with Gasteiger partial charge < -0.3 is 15.0 Å². The van der Waals surface area contributed by atoms with Crippen molar-refractivity contribution in [3.05, 3.63) is 35.9 Å². The first-order valence-electron chi connectivity index (χ1n) is 9.60. The molecule has 3 rings (SSSR count). The van der Waals surface area contributed by atoms with E-state index in [-0.39, 0.29) is 11.8 Å². The number of benzene rings is 1. The Morgan fingerprint density at radius 1 is 1.22 bits per heavy atom. The van der Waals surface area contributed by atoms with Crippen molar-refractivity contribution < 1.29 is 14.3 Å². The number of morpholine rings is 1. The summed E-state index contributed by atoms with van der Waals surface area (Å²) in [4.78, 5) is 29.7. The fourth-order valence-corrected chi connectivity index (χ4v) is 4.69. The number of hydrogen-bond acceptors (Lipinski definition) is 5. The molecule has 1 atom stereocenters. The molecule has 1 aromatic carbocycles. The number of amides is 2. The van der Waals surface area contributed by atoms with Crippen molar-refractivity contribution in [3.63, 3.8) is 0 Å². The number of ether oxygens (including phenoxy) is 1. The molecule has 2 heterocycles. The van der Waals surface area contributed by atoms with Crippen LogP contribution in [0.25, 0.3) is 0 Å². The molecular weight excluding hydrogens is 362 g/mol. The number of rotatable bonds is 7. The lowest BCUT2D eigenvalue weighted by molar-refractivity contribution is -0.144. The van der Waals surface area contributed by atoms with E-state index in [1.807, 2.05) is 37.3 Å². The van der Waals surface area contributed by atoms with Gasteiger partial charge in [0.2, 0.25) is 11.8 Å². The van der Waals surface area contributed by atoms with Crippen LogP contribution >= 0.6 is 11.8 Å². The van der Waals surface area contributed by atoms with E-state index in [0.717, 1.165) is 44.8 Å². The maximum absolute atomic E-state index is 13.0. The molecule has 27 heavy (non-hydrogen) atoms. The summed E-state index contributed by atoms with van der Waals surface area (Å²) in [5.41, 5.74) is 0.267. The molecule has 0 aromatic heterocycles. The molecule has 1 unspecified atom stereocenters. The Balaban J connectivity index is 1.57. The number of hydrogen-bond donors (Lipinski definition) is 1. The summed E-state index contributed by atoms with van der Waals surface area (Å²) in [6, 6.07) is 9.86. The Morgan fingerprint density at radius 2 is 1.96 bits per heavy atom. The molecule has 2 aliphatic heterocycles. The Kier molecular flexibility index (Phi) is 7.15. The molecule has 7 heteroatoms. The maximum atomic E-state index is 13.0. The minimum absolute atomic E-state index is 0.0607. The lowest BCUT2D eigenvalue weighted by Crippen LogP contribution is -2.63. The highest BCUT2D eigenvalue weighted by molar-refractivity contribution is 8.00. The SMILES string of the molecule is CC1(C(=O)NCc2ccccc2)CSCC(=O)N1CCCN1CCOCC1. The second-order valence-electron chi connectivity index (χ2n) is 7.29. The Bertz CT molecular complexity index is 637. The van der Waals surface area contributed by atoms with E-state index in [0.29, 0.717) is 24.6 Å². The quantitative estimate of drug-likeness (QED) is 0.761. The predicted molar refractivity (Wildman–Crippen MR) is 108 cm³/mol. The highest BCUT2D eigenvalue weighted by atomic mass is 32.2. The fraction of sp³-hybridized carbons (Fsp3) is 0.600. The molecule has 0 saturated carbocycles. The third-order valence-corrected chi connectivity index (χ3v) is 6.47. The summed E-state index contributed by atoms with van der Waals surface area (Å²) in [6.07, 6.45) is 0.873. The molecule has 148 valence electrons. The molecule has 0 radical (unpaired) electrons. The second kappa shape index (κ2) is 9.57. The van der Waals surface area contributed by atoms with Crippen LogP contribution in [0.1, 0.15) is 18.9 Å². The van der Waals surface area contributed by atoms with Gasteiger partial charge in [-0.3, -0.25) is 14.5 Å². The average Bonchev–Trinajstić information content (AvgIpc) is 2.70. The molecule has 0 aliphatic carbocycles. The van der Waals surface area contributed by atoms with Crippen molar-refractivity contribution in [2.75, 3.05) is 50.9 Å². The van der Waals surface area contributed by atoms with Gasteiger partial charge in [-0.05, 0) is 18.9 Å². The first kappa shape index (κ1) is 20.2. The van der Waals surface area contributed by atoms with Crippen molar-refractivity contribution in [1.29, 1.82) is 0 Å². The summed E-state index contributed by atoms with van der Waals surface area (Å²) in [5.74, 6) is 1.08. The molecule has 0 bridgehead atoms. The van der Waals surface area contributed by atoms with Crippen LogP contribution in [0.15, 0.2) is 30.3 Å². The Labute approximate surface area is 165 Å². The largest absolute Gasteiger partial charge is 0.379 e. The summed E-state index contributed by atoms with van der Waals surface area (Å²) in [5, 5.41) is 3.03. The highest BCUT2D eigenvalue weighted by Crippen LogP contribution is 2.28. The minimum Gasteiger partial charge on any atom is -0.379 e. The average molecular weight is 392 g/mol. The molecular formula is C20H29N3O3S. The first-order valence-corrected chi connectivity index (χ1v) is 10.8. The van der Waals surface area contributed by atoms with Gasteiger partial charge in [-0.25, -0.2) is 0 Å². The van der Waals surface area contributed by atoms with Gasteiger partial charge in [0.15, 0.2) is 0 Å². The van der Waals surface area contributed by atoms with E-state index in [2.05, 4.69) is 10.2 Å². The zero-order valence-electron chi connectivity index (χ0n) is 16.0. The molecule has 1 N–H and O–H groups in total. The van der Waals surface area contributed by atoms with Gasteiger partial charge in [-0.15, -0.1) is 11.8 Å². The van der Waals surface area contributed by atoms with Crippen molar-refractivity contribution in [1.82, 2.24) is 15.1 Å². The molecule has 6 nitrogen and oxygen atoms in total. The first-order chi connectivity index (χ1) is 13.1. The van der Waals surface area contributed by atoms with E-state index in [1.165, 1.54) is 0 Å². The highest BCUT2D eigenvalue weighted by Gasteiger charge is 2.44. The smallest absolute Gasteiger partial charge is 0.246 e. The van der Waals surface area contributed by atoms with Crippen LogP contribution in [0.2, 0.25) is 0 Å². The Hall–Kier alpha value is -1.57. The third-order valence-electron chi connectivity index (χ3n) is 5.25. The number of nitrogens with zero attached hydrogens (tertiary/aromatic N) is 2. The van der Waals surface area contributed by atoms with Gasteiger partial charge in [0, 0.05) is 38.5 Å². The van der Waals surface area contributed by atoms with E-state index in [1.54, 1.807) is 16.7 Å². The van der Waals surface area contributed by atoms with Crippen molar-refractivity contribution in [2.24, 2.45) is 0 Å². The normalized spacial score (nSPS) is 24.0. The lowest BCUT2D eigenvalue weighted by Gasteiger charge is -2.43. The van der Waals surface area contributed by atoms with Gasteiger partial charge in [0.25, 0.3) is 0 Å². The summed E-state index contributed by atoms with van der Waals surface area (Å²) < 4.78 is 5.38. The molecule has 1 aromatic rings. The molecule has 2 aliphatic rings. The number of carbonyl (C=O) groups is 2. The lowest BCUT2D eigenvalue weighted by atomic mass is 9.99. The summed E-state index contributed by atoms with van der Waals surface area (Å²) in [6.45, 7) is 7.37. The second-order valence-corrected chi connectivity index (χ2v) is 8.27. The van der Waals surface area contributed by atoms with Crippen LogP contribution in [-0.4, -0.2) is 78.1 Å². The molecule has 2 saturated heterocycles. The van der Waals surface area contributed by atoms with Crippen LogP contribution in [0.5, 0.6) is 0 Å². The van der Waals surface area contributed by atoms with Gasteiger partial charge in [-0.1, -0.05) is 30.3 Å². The van der Waals surface area contributed by atoms with Crippen LogP contribution in [0.3, 0.4) is 0 Å². The zero-order valence-corrected chi connectivity index (χ0v) is 16.8. The summed E-state index contributed by atoms with van der Waals surface area (Å²) >= 11 is 1.55. The van der Waals surface area contributed by atoms with Crippen LogP contribution in [0, 0.1) is 0 Å². The minimum atomic E-state index is -0.792. The van der Waals surface area contributed by atoms with Crippen molar-refractivity contribution in [2.45, 2.75) is 25.4 Å².